The molecule has 0 saturated heterocycles. The van der Waals surface area contributed by atoms with E-state index in [1.165, 1.54) is 0 Å². The average Bonchev–Trinajstić information content (AvgIpc) is 2.70. The molecule has 1 aromatic heterocycles. The molecule has 14 heavy (non-hydrogen) atoms. The molecule has 0 aliphatic carbocycles. The van der Waals surface area contributed by atoms with Crippen LogP contribution in [-0.2, 0) is 0 Å². The summed E-state index contributed by atoms with van der Waals surface area (Å²) in [4.78, 5) is 0. The lowest BCUT2D eigenvalue weighted by Gasteiger charge is -2.06. The van der Waals surface area contributed by atoms with Gasteiger partial charge >= 0.3 is 0 Å². The van der Waals surface area contributed by atoms with E-state index in [2.05, 4.69) is 10.4 Å². The Hall–Kier alpha value is -1.48. The zero-order valence-corrected chi connectivity index (χ0v) is 8.49. The largest absolute Gasteiger partial charge is 0.388 e. The van der Waals surface area contributed by atoms with Gasteiger partial charge in [-0.2, -0.15) is 5.10 Å². The first-order valence-corrected chi connectivity index (χ1v) is 4.66. The molecule has 1 aromatic carbocycles. The van der Waals surface area contributed by atoms with Gasteiger partial charge in [0.2, 0.25) is 0 Å². The summed E-state index contributed by atoms with van der Waals surface area (Å²) in [5, 5.41) is 7.82. The normalized spacial score (nSPS) is 10.1. The molecule has 0 saturated carbocycles. The monoisotopic (exact) mass is 207 g/mol. The minimum atomic E-state index is 0.681. The Labute approximate surface area is 87.3 Å². The first kappa shape index (κ1) is 9.09. The van der Waals surface area contributed by atoms with E-state index in [4.69, 9.17) is 11.6 Å². The van der Waals surface area contributed by atoms with E-state index in [1.54, 1.807) is 10.9 Å². The Balaban J connectivity index is 2.46. The molecule has 0 unspecified atom stereocenters. The van der Waals surface area contributed by atoms with Gasteiger partial charge < -0.3 is 5.32 Å². The average molecular weight is 208 g/mol. The molecule has 72 valence electrons. The van der Waals surface area contributed by atoms with Crippen LogP contribution >= 0.6 is 11.6 Å². The van der Waals surface area contributed by atoms with Gasteiger partial charge in [-0.1, -0.05) is 11.6 Å². The topological polar surface area (TPSA) is 29.9 Å². The number of anilines is 1. The molecule has 0 aliphatic rings. The van der Waals surface area contributed by atoms with Crippen LogP contribution in [0.1, 0.15) is 0 Å². The third-order valence-electron chi connectivity index (χ3n) is 1.99. The SMILES string of the molecule is CNc1ccc(-n2cccn2)c(Cl)c1. The fraction of sp³-hybridized carbons (Fsp3) is 0.100. The molecule has 0 fully saturated rings. The number of aromatic nitrogens is 2. The predicted molar refractivity (Wildman–Crippen MR) is 58.1 cm³/mol. The van der Waals surface area contributed by atoms with Gasteiger partial charge in [-0.25, -0.2) is 4.68 Å². The van der Waals surface area contributed by atoms with E-state index in [0.717, 1.165) is 11.4 Å². The molecule has 1 N–H and O–H groups in total. The summed E-state index contributed by atoms with van der Waals surface area (Å²) in [5.74, 6) is 0. The van der Waals surface area contributed by atoms with Crippen molar-refractivity contribution in [2.24, 2.45) is 0 Å². The molecule has 2 aromatic rings. The highest BCUT2D eigenvalue weighted by atomic mass is 35.5. The van der Waals surface area contributed by atoms with Crippen molar-refractivity contribution in [3.8, 4) is 5.69 Å². The molecule has 0 aliphatic heterocycles. The maximum Gasteiger partial charge on any atom is 0.0833 e. The minimum absolute atomic E-state index is 0.681. The van der Waals surface area contributed by atoms with Gasteiger partial charge in [0.25, 0.3) is 0 Å². The van der Waals surface area contributed by atoms with E-state index in [0.29, 0.717) is 5.02 Å². The summed E-state index contributed by atoms with van der Waals surface area (Å²) in [6, 6.07) is 7.63. The van der Waals surface area contributed by atoms with E-state index >= 15 is 0 Å². The van der Waals surface area contributed by atoms with E-state index in [-0.39, 0.29) is 0 Å². The first-order chi connectivity index (χ1) is 6.81. The first-order valence-electron chi connectivity index (χ1n) is 4.28. The maximum absolute atomic E-state index is 6.10. The number of nitrogens with zero attached hydrogens (tertiary/aromatic N) is 2. The Morgan fingerprint density at radius 3 is 2.86 bits per heavy atom. The van der Waals surface area contributed by atoms with Crippen LogP contribution < -0.4 is 5.32 Å². The third kappa shape index (κ3) is 1.59. The Morgan fingerprint density at radius 2 is 2.29 bits per heavy atom. The van der Waals surface area contributed by atoms with Gasteiger partial charge in [0.05, 0.1) is 10.7 Å². The quantitative estimate of drug-likeness (QED) is 0.821. The van der Waals surface area contributed by atoms with Crippen molar-refractivity contribution in [3.63, 3.8) is 0 Å². The fourth-order valence-corrected chi connectivity index (χ4v) is 1.53. The lowest BCUT2D eigenvalue weighted by Crippen LogP contribution is -1.96. The number of nitrogens with one attached hydrogen (secondary N) is 1. The second-order valence-electron chi connectivity index (χ2n) is 2.87. The number of hydrogen-bond acceptors (Lipinski definition) is 2. The highest BCUT2D eigenvalue weighted by Crippen LogP contribution is 2.23. The van der Waals surface area contributed by atoms with Crippen molar-refractivity contribution in [1.29, 1.82) is 0 Å². The van der Waals surface area contributed by atoms with Crippen molar-refractivity contribution in [1.82, 2.24) is 9.78 Å². The molecule has 0 bridgehead atoms. The van der Waals surface area contributed by atoms with Crippen LogP contribution in [-0.4, -0.2) is 16.8 Å². The van der Waals surface area contributed by atoms with Gasteiger partial charge in [-0.3, -0.25) is 0 Å². The van der Waals surface area contributed by atoms with Gasteiger partial charge in [0.1, 0.15) is 0 Å². The number of hydrogen-bond donors (Lipinski definition) is 1. The summed E-state index contributed by atoms with van der Waals surface area (Å²) < 4.78 is 1.74. The predicted octanol–water partition coefficient (Wildman–Crippen LogP) is 2.57. The summed E-state index contributed by atoms with van der Waals surface area (Å²) in [5.41, 5.74) is 1.88. The van der Waals surface area contributed by atoms with E-state index in [1.807, 2.05) is 37.5 Å². The van der Waals surface area contributed by atoms with Crippen LogP contribution in [0.5, 0.6) is 0 Å². The Bertz CT molecular complexity index is 423. The lowest BCUT2D eigenvalue weighted by atomic mass is 10.3. The third-order valence-corrected chi connectivity index (χ3v) is 2.29. The standard InChI is InChI=1S/C10H10ClN3/c1-12-8-3-4-10(9(11)7-8)14-6-2-5-13-14/h2-7,12H,1H3. The summed E-state index contributed by atoms with van der Waals surface area (Å²) in [6.45, 7) is 0. The van der Waals surface area contributed by atoms with Gasteiger partial charge in [-0.05, 0) is 24.3 Å². The fourth-order valence-electron chi connectivity index (χ4n) is 1.26. The number of halogens is 1. The number of benzene rings is 1. The van der Waals surface area contributed by atoms with Crippen LogP contribution in [0, 0.1) is 0 Å². The summed E-state index contributed by atoms with van der Waals surface area (Å²) in [7, 11) is 1.86. The van der Waals surface area contributed by atoms with Crippen LogP contribution in [0.15, 0.2) is 36.7 Å². The van der Waals surface area contributed by atoms with Gasteiger partial charge in [-0.15, -0.1) is 0 Å². The van der Waals surface area contributed by atoms with Crippen LogP contribution in [0.3, 0.4) is 0 Å². The summed E-state index contributed by atoms with van der Waals surface area (Å²) in [6.07, 6.45) is 3.59. The van der Waals surface area contributed by atoms with Crippen LogP contribution in [0.2, 0.25) is 5.02 Å². The lowest BCUT2D eigenvalue weighted by molar-refractivity contribution is 0.881. The van der Waals surface area contributed by atoms with Gasteiger partial charge in [0, 0.05) is 25.1 Å². The molecule has 0 atom stereocenters. The van der Waals surface area contributed by atoms with E-state index < -0.39 is 0 Å². The molecule has 2 rings (SSSR count). The zero-order valence-electron chi connectivity index (χ0n) is 7.74. The van der Waals surface area contributed by atoms with Crippen molar-refractivity contribution in [2.75, 3.05) is 12.4 Å². The minimum Gasteiger partial charge on any atom is -0.388 e. The van der Waals surface area contributed by atoms with Crippen LogP contribution in [0.25, 0.3) is 5.69 Å². The zero-order chi connectivity index (χ0) is 9.97. The molecule has 0 spiro atoms. The van der Waals surface area contributed by atoms with E-state index in [9.17, 15) is 0 Å². The molecule has 4 heteroatoms. The highest BCUT2D eigenvalue weighted by molar-refractivity contribution is 6.32. The Morgan fingerprint density at radius 1 is 1.43 bits per heavy atom. The molecule has 0 radical (unpaired) electrons. The molecule has 0 amide bonds. The second-order valence-corrected chi connectivity index (χ2v) is 3.27. The molecule has 1 heterocycles. The van der Waals surface area contributed by atoms with Crippen LogP contribution in [0.4, 0.5) is 5.69 Å². The highest BCUT2D eigenvalue weighted by Gasteiger charge is 2.02. The van der Waals surface area contributed by atoms with Crippen molar-refractivity contribution < 1.29 is 0 Å². The van der Waals surface area contributed by atoms with Crippen molar-refractivity contribution in [2.45, 2.75) is 0 Å². The smallest absolute Gasteiger partial charge is 0.0833 e. The summed E-state index contributed by atoms with van der Waals surface area (Å²) >= 11 is 6.10. The molecule has 3 nitrogen and oxygen atoms in total. The molecular formula is C10H10ClN3. The Kier molecular flexibility index (Phi) is 2.41. The van der Waals surface area contributed by atoms with Crippen molar-refractivity contribution >= 4 is 17.3 Å². The second kappa shape index (κ2) is 3.72. The maximum atomic E-state index is 6.10. The molecular weight excluding hydrogens is 198 g/mol. The number of rotatable bonds is 2. The van der Waals surface area contributed by atoms with Crippen molar-refractivity contribution in [3.05, 3.63) is 41.7 Å². The van der Waals surface area contributed by atoms with Gasteiger partial charge in [0.15, 0.2) is 0 Å².